The first-order chi connectivity index (χ1) is 11.2. The molecule has 1 aliphatic rings. The van der Waals surface area contributed by atoms with Crippen LogP contribution in [0.4, 0.5) is 0 Å². The van der Waals surface area contributed by atoms with E-state index in [1.165, 1.54) is 11.3 Å². The van der Waals surface area contributed by atoms with Crippen LogP contribution in [0.3, 0.4) is 0 Å². The molecule has 2 aromatic heterocycles. The standard InChI is InChI=1S/C16H12ClN3O2S/c17-11-4-3-7-18-14(11)22-10-8-20(9-10)16(21)15-19-12-5-1-2-6-13(12)23-15/h1-7,10H,8-9H2. The van der Waals surface area contributed by atoms with Crippen LogP contribution < -0.4 is 4.74 Å². The number of fused-ring (bicyclic) bond motifs is 1. The fourth-order valence-corrected chi connectivity index (χ4v) is 3.49. The first-order valence-electron chi connectivity index (χ1n) is 7.13. The maximum absolute atomic E-state index is 12.4. The van der Waals surface area contributed by atoms with Crippen molar-refractivity contribution in [1.29, 1.82) is 0 Å². The Morgan fingerprint density at radius 3 is 2.87 bits per heavy atom. The van der Waals surface area contributed by atoms with Gasteiger partial charge in [0.25, 0.3) is 5.91 Å². The Morgan fingerprint density at radius 2 is 2.09 bits per heavy atom. The van der Waals surface area contributed by atoms with Crippen LogP contribution in [-0.2, 0) is 0 Å². The van der Waals surface area contributed by atoms with Crippen LogP contribution in [0, 0.1) is 0 Å². The van der Waals surface area contributed by atoms with E-state index in [0.29, 0.717) is 29.0 Å². The highest BCUT2D eigenvalue weighted by Gasteiger charge is 2.34. The molecule has 116 valence electrons. The summed E-state index contributed by atoms with van der Waals surface area (Å²) in [6.07, 6.45) is 1.55. The minimum atomic E-state index is -0.0827. The van der Waals surface area contributed by atoms with Crippen molar-refractivity contribution in [2.75, 3.05) is 13.1 Å². The molecule has 0 radical (unpaired) electrons. The maximum atomic E-state index is 12.4. The van der Waals surface area contributed by atoms with Gasteiger partial charge in [0.15, 0.2) is 5.01 Å². The van der Waals surface area contributed by atoms with E-state index >= 15 is 0 Å². The topological polar surface area (TPSA) is 55.3 Å². The fourth-order valence-electron chi connectivity index (χ4n) is 2.39. The van der Waals surface area contributed by atoms with Crippen molar-refractivity contribution in [1.82, 2.24) is 14.9 Å². The summed E-state index contributed by atoms with van der Waals surface area (Å²) in [5, 5.41) is 0.990. The van der Waals surface area contributed by atoms with Gasteiger partial charge in [0.05, 0.1) is 23.3 Å². The van der Waals surface area contributed by atoms with Gasteiger partial charge in [0.1, 0.15) is 11.1 Å². The van der Waals surface area contributed by atoms with Crippen molar-refractivity contribution in [3.8, 4) is 5.88 Å². The first-order valence-corrected chi connectivity index (χ1v) is 8.32. The molecule has 23 heavy (non-hydrogen) atoms. The van der Waals surface area contributed by atoms with Gasteiger partial charge in [-0.25, -0.2) is 9.97 Å². The predicted octanol–water partition coefficient (Wildman–Crippen LogP) is 3.25. The van der Waals surface area contributed by atoms with E-state index in [2.05, 4.69) is 9.97 Å². The number of halogens is 1. The summed E-state index contributed by atoms with van der Waals surface area (Å²) >= 11 is 7.43. The Bertz CT molecular complexity index is 843. The number of pyridine rings is 1. The third-order valence-corrected chi connectivity index (χ3v) is 4.93. The lowest BCUT2D eigenvalue weighted by Crippen LogP contribution is -2.56. The molecule has 7 heteroatoms. The van der Waals surface area contributed by atoms with E-state index in [1.54, 1.807) is 23.2 Å². The molecule has 1 aliphatic heterocycles. The minimum Gasteiger partial charge on any atom is -0.470 e. The number of benzene rings is 1. The molecule has 0 spiro atoms. The maximum Gasteiger partial charge on any atom is 0.283 e. The quantitative estimate of drug-likeness (QED) is 0.731. The number of nitrogens with zero attached hydrogens (tertiary/aromatic N) is 3. The number of ether oxygens (including phenoxy) is 1. The lowest BCUT2D eigenvalue weighted by Gasteiger charge is -2.38. The van der Waals surface area contributed by atoms with Gasteiger partial charge < -0.3 is 9.64 Å². The number of likely N-dealkylation sites (tertiary alicyclic amines) is 1. The summed E-state index contributed by atoms with van der Waals surface area (Å²) in [6, 6.07) is 11.2. The second kappa shape index (κ2) is 5.79. The molecule has 0 saturated carbocycles. The lowest BCUT2D eigenvalue weighted by atomic mass is 10.1. The number of hydrogen-bond donors (Lipinski definition) is 0. The highest BCUT2D eigenvalue weighted by molar-refractivity contribution is 7.20. The highest BCUT2D eigenvalue weighted by Crippen LogP contribution is 2.27. The minimum absolute atomic E-state index is 0.0573. The van der Waals surface area contributed by atoms with E-state index in [-0.39, 0.29) is 12.0 Å². The molecule has 1 saturated heterocycles. The van der Waals surface area contributed by atoms with E-state index in [1.807, 2.05) is 24.3 Å². The second-order valence-electron chi connectivity index (χ2n) is 5.23. The van der Waals surface area contributed by atoms with Crippen molar-refractivity contribution >= 4 is 39.1 Å². The Labute approximate surface area is 141 Å². The number of carbonyl (C=O) groups excluding carboxylic acids is 1. The lowest BCUT2D eigenvalue weighted by molar-refractivity contribution is 0.0160. The van der Waals surface area contributed by atoms with Crippen molar-refractivity contribution < 1.29 is 9.53 Å². The summed E-state index contributed by atoms with van der Waals surface area (Å²) in [7, 11) is 0. The molecular formula is C16H12ClN3O2S. The van der Waals surface area contributed by atoms with Gasteiger partial charge in [-0.2, -0.15) is 0 Å². The second-order valence-corrected chi connectivity index (χ2v) is 6.66. The molecule has 4 rings (SSSR count). The molecule has 0 unspecified atom stereocenters. The van der Waals surface area contributed by atoms with Gasteiger partial charge in [0.2, 0.25) is 5.88 Å². The van der Waals surface area contributed by atoms with Crippen LogP contribution in [0.1, 0.15) is 9.80 Å². The molecule has 1 aromatic carbocycles. The Balaban J connectivity index is 1.41. The van der Waals surface area contributed by atoms with E-state index < -0.39 is 0 Å². The monoisotopic (exact) mass is 345 g/mol. The molecule has 0 atom stereocenters. The van der Waals surface area contributed by atoms with E-state index in [9.17, 15) is 4.79 Å². The zero-order chi connectivity index (χ0) is 15.8. The molecule has 0 aliphatic carbocycles. The zero-order valence-electron chi connectivity index (χ0n) is 12.0. The first kappa shape index (κ1) is 14.4. The van der Waals surface area contributed by atoms with Gasteiger partial charge in [-0.05, 0) is 24.3 Å². The largest absolute Gasteiger partial charge is 0.470 e. The number of carbonyl (C=O) groups is 1. The van der Waals surface area contributed by atoms with Gasteiger partial charge >= 0.3 is 0 Å². The third-order valence-electron chi connectivity index (χ3n) is 3.62. The van der Waals surface area contributed by atoms with Crippen LogP contribution in [0.2, 0.25) is 5.02 Å². The average Bonchev–Trinajstić information content (AvgIpc) is 2.95. The van der Waals surface area contributed by atoms with Crippen LogP contribution in [0.15, 0.2) is 42.6 Å². The molecule has 1 fully saturated rings. The van der Waals surface area contributed by atoms with Crippen LogP contribution in [0.25, 0.3) is 10.2 Å². The Hall–Kier alpha value is -2.18. The number of thiazole rings is 1. The molecular weight excluding hydrogens is 334 g/mol. The third kappa shape index (κ3) is 2.75. The Morgan fingerprint density at radius 1 is 1.26 bits per heavy atom. The zero-order valence-corrected chi connectivity index (χ0v) is 13.5. The Kier molecular flexibility index (Phi) is 3.63. The molecule has 1 amide bonds. The normalized spacial score (nSPS) is 14.7. The number of hydrogen-bond acceptors (Lipinski definition) is 5. The van der Waals surface area contributed by atoms with Crippen molar-refractivity contribution in [3.05, 3.63) is 52.6 Å². The highest BCUT2D eigenvalue weighted by atomic mass is 35.5. The van der Waals surface area contributed by atoms with Crippen molar-refractivity contribution in [3.63, 3.8) is 0 Å². The van der Waals surface area contributed by atoms with Crippen LogP contribution in [-0.4, -0.2) is 40.0 Å². The van der Waals surface area contributed by atoms with Gasteiger partial charge in [-0.1, -0.05) is 23.7 Å². The summed E-state index contributed by atoms with van der Waals surface area (Å²) in [4.78, 5) is 22.6. The summed E-state index contributed by atoms with van der Waals surface area (Å²) in [6.45, 7) is 1.03. The molecule has 3 heterocycles. The summed E-state index contributed by atoms with van der Waals surface area (Å²) < 4.78 is 6.72. The average molecular weight is 346 g/mol. The van der Waals surface area contributed by atoms with Gasteiger partial charge in [-0.15, -0.1) is 11.3 Å². The number of rotatable bonds is 3. The van der Waals surface area contributed by atoms with Crippen LogP contribution in [0.5, 0.6) is 5.88 Å². The van der Waals surface area contributed by atoms with Crippen molar-refractivity contribution in [2.45, 2.75) is 6.10 Å². The van der Waals surface area contributed by atoms with E-state index in [0.717, 1.165) is 10.2 Å². The van der Waals surface area contributed by atoms with Crippen molar-refractivity contribution in [2.24, 2.45) is 0 Å². The molecule has 0 N–H and O–H groups in total. The smallest absolute Gasteiger partial charge is 0.283 e. The summed E-state index contributed by atoms with van der Waals surface area (Å²) in [5.41, 5.74) is 0.856. The molecule has 3 aromatic rings. The van der Waals surface area contributed by atoms with Gasteiger partial charge in [0, 0.05) is 6.20 Å². The van der Waals surface area contributed by atoms with Gasteiger partial charge in [-0.3, -0.25) is 4.79 Å². The predicted molar refractivity (Wildman–Crippen MR) is 89.2 cm³/mol. The SMILES string of the molecule is O=C(c1nc2ccccc2s1)N1CC(Oc2ncccc2Cl)C1. The van der Waals surface area contributed by atoms with E-state index in [4.69, 9.17) is 16.3 Å². The summed E-state index contributed by atoms with van der Waals surface area (Å²) in [5.74, 6) is 0.351. The number of para-hydroxylation sites is 1. The number of amides is 1. The molecule has 5 nitrogen and oxygen atoms in total. The number of aromatic nitrogens is 2. The van der Waals surface area contributed by atoms with Crippen LogP contribution >= 0.6 is 22.9 Å². The molecule has 0 bridgehead atoms. The fraction of sp³-hybridized carbons (Fsp3) is 0.188.